The molecule has 0 bridgehead atoms. The molecule has 0 saturated heterocycles. The lowest BCUT2D eigenvalue weighted by Crippen LogP contribution is -2.45. The van der Waals surface area contributed by atoms with Gasteiger partial charge in [0.25, 0.3) is 0 Å². The monoisotopic (exact) mass is 1170 g/mol. The summed E-state index contributed by atoms with van der Waals surface area (Å²) >= 11 is 0. The molecule has 494 valence electrons. The van der Waals surface area contributed by atoms with Gasteiger partial charge in [0.15, 0.2) is 0 Å². The second-order valence-corrected chi connectivity index (χ2v) is 26.7. The molecule has 6 nitrogen and oxygen atoms in total. The minimum absolute atomic E-state index is 0.0164. The molecule has 0 aliphatic heterocycles. The van der Waals surface area contributed by atoms with Crippen LogP contribution in [-0.2, 0) is 14.3 Å². The van der Waals surface area contributed by atoms with Gasteiger partial charge in [-0.15, -0.1) is 0 Å². The lowest BCUT2D eigenvalue weighted by molar-refractivity contribution is -0.143. The quantitative estimate of drug-likeness (QED) is 0.0320. The third-order valence-corrected chi connectivity index (χ3v) is 18.3. The van der Waals surface area contributed by atoms with E-state index in [2.05, 4.69) is 31.3 Å². The number of allylic oxidation sites excluding steroid dienone is 2. The van der Waals surface area contributed by atoms with Gasteiger partial charge in [-0.05, 0) is 51.4 Å². The van der Waals surface area contributed by atoms with Gasteiger partial charge in [0.1, 0.15) is 0 Å². The van der Waals surface area contributed by atoms with E-state index >= 15 is 0 Å². The number of esters is 1. The molecular formula is C77H151NO5. The van der Waals surface area contributed by atoms with E-state index in [0.717, 1.165) is 38.5 Å². The summed E-state index contributed by atoms with van der Waals surface area (Å²) in [5.41, 5.74) is 0. The maximum absolute atomic E-state index is 12.6. The fourth-order valence-corrected chi connectivity index (χ4v) is 12.5. The van der Waals surface area contributed by atoms with E-state index in [0.29, 0.717) is 25.9 Å². The molecule has 0 aliphatic rings. The van der Waals surface area contributed by atoms with Crippen LogP contribution in [0.25, 0.3) is 0 Å². The van der Waals surface area contributed by atoms with Gasteiger partial charge in [0.05, 0.1) is 25.4 Å². The zero-order valence-electron chi connectivity index (χ0n) is 56.7. The maximum Gasteiger partial charge on any atom is 0.305 e. The minimum Gasteiger partial charge on any atom is -0.466 e. The first-order valence-corrected chi connectivity index (χ1v) is 38.4. The molecule has 0 fully saturated rings. The molecule has 2 unspecified atom stereocenters. The van der Waals surface area contributed by atoms with E-state index < -0.39 is 12.1 Å². The van der Waals surface area contributed by atoms with Crippen LogP contribution in [0.5, 0.6) is 0 Å². The second-order valence-electron chi connectivity index (χ2n) is 26.7. The van der Waals surface area contributed by atoms with Crippen molar-refractivity contribution in [3.05, 3.63) is 12.2 Å². The number of carbonyl (C=O) groups is 2. The van der Waals surface area contributed by atoms with Crippen molar-refractivity contribution in [2.24, 2.45) is 0 Å². The highest BCUT2D eigenvalue weighted by Crippen LogP contribution is 2.20. The Balaban J connectivity index is 3.39. The molecule has 0 spiro atoms. The highest BCUT2D eigenvalue weighted by atomic mass is 16.5. The molecule has 0 heterocycles. The van der Waals surface area contributed by atoms with Crippen molar-refractivity contribution in [2.75, 3.05) is 13.2 Å². The maximum atomic E-state index is 12.6. The summed E-state index contributed by atoms with van der Waals surface area (Å²) in [6, 6.07) is -0.548. The molecule has 6 heteroatoms. The van der Waals surface area contributed by atoms with Crippen LogP contribution >= 0.6 is 0 Å². The van der Waals surface area contributed by atoms with Gasteiger partial charge in [-0.3, -0.25) is 9.59 Å². The summed E-state index contributed by atoms with van der Waals surface area (Å²) in [7, 11) is 0. The van der Waals surface area contributed by atoms with Crippen molar-refractivity contribution in [3.63, 3.8) is 0 Å². The summed E-state index contributed by atoms with van der Waals surface area (Å²) in [6.45, 7) is 5.01. The first kappa shape index (κ1) is 81.6. The van der Waals surface area contributed by atoms with E-state index in [9.17, 15) is 19.8 Å². The molecule has 1 amide bonds. The van der Waals surface area contributed by atoms with Crippen LogP contribution in [0.3, 0.4) is 0 Å². The van der Waals surface area contributed by atoms with Crippen molar-refractivity contribution in [1.82, 2.24) is 5.32 Å². The van der Waals surface area contributed by atoms with Crippen LogP contribution in [0, 0.1) is 0 Å². The van der Waals surface area contributed by atoms with E-state index in [4.69, 9.17) is 4.74 Å². The SMILES string of the molecule is CCCCCCCCCCCCCCCCCCCCCCCCCCCC(O)C(CO)NC(=O)CCCCCCCCC/C=C\CCCCCCCCCCCCCOC(=O)CCCCCCCCCCCCCCCCCCCCC. The number of hydrogen-bond donors (Lipinski definition) is 3. The molecule has 0 aromatic rings. The van der Waals surface area contributed by atoms with Gasteiger partial charge in [-0.1, -0.05) is 392 Å². The summed E-state index contributed by atoms with van der Waals surface area (Å²) < 4.78 is 5.51. The van der Waals surface area contributed by atoms with Crippen molar-refractivity contribution in [2.45, 2.75) is 456 Å². The van der Waals surface area contributed by atoms with Crippen molar-refractivity contribution >= 4 is 11.9 Å². The van der Waals surface area contributed by atoms with Gasteiger partial charge >= 0.3 is 5.97 Å². The molecule has 0 radical (unpaired) electrons. The van der Waals surface area contributed by atoms with Crippen LogP contribution in [-0.4, -0.2) is 47.4 Å². The number of aliphatic hydroxyl groups is 2. The van der Waals surface area contributed by atoms with E-state index in [1.807, 2.05) is 0 Å². The molecular weight excluding hydrogens is 1020 g/mol. The third-order valence-electron chi connectivity index (χ3n) is 18.3. The van der Waals surface area contributed by atoms with Crippen molar-refractivity contribution < 1.29 is 24.5 Å². The molecule has 0 rings (SSSR count). The topological polar surface area (TPSA) is 95.9 Å². The Kier molecular flexibility index (Phi) is 71.8. The highest BCUT2D eigenvalue weighted by Gasteiger charge is 2.20. The number of hydrogen-bond acceptors (Lipinski definition) is 5. The van der Waals surface area contributed by atoms with Crippen molar-refractivity contribution in [1.29, 1.82) is 0 Å². The number of amides is 1. The third kappa shape index (κ3) is 69.6. The van der Waals surface area contributed by atoms with Crippen LogP contribution in [0.1, 0.15) is 444 Å². The second kappa shape index (κ2) is 73.1. The lowest BCUT2D eigenvalue weighted by Gasteiger charge is -2.22. The van der Waals surface area contributed by atoms with Gasteiger partial charge in [0, 0.05) is 12.8 Å². The summed E-state index contributed by atoms with van der Waals surface area (Å²) in [4.78, 5) is 24.7. The molecule has 0 aromatic carbocycles. The number of aliphatic hydroxyl groups excluding tert-OH is 2. The first-order valence-electron chi connectivity index (χ1n) is 38.4. The molecule has 2 atom stereocenters. The van der Waals surface area contributed by atoms with Crippen molar-refractivity contribution in [3.8, 4) is 0 Å². The fraction of sp³-hybridized carbons (Fsp3) is 0.948. The largest absolute Gasteiger partial charge is 0.466 e. The number of ether oxygens (including phenoxy) is 1. The smallest absolute Gasteiger partial charge is 0.305 e. The Bertz CT molecular complexity index is 1260. The van der Waals surface area contributed by atoms with Gasteiger partial charge in [0.2, 0.25) is 5.91 Å². The van der Waals surface area contributed by atoms with Gasteiger partial charge in [-0.2, -0.15) is 0 Å². The molecule has 0 aromatic heterocycles. The number of nitrogens with one attached hydrogen (secondary N) is 1. The van der Waals surface area contributed by atoms with E-state index in [1.165, 1.54) is 372 Å². The van der Waals surface area contributed by atoms with Gasteiger partial charge in [-0.25, -0.2) is 0 Å². The Morgan fingerprint density at radius 1 is 0.325 bits per heavy atom. The van der Waals surface area contributed by atoms with Crippen LogP contribution < -0.4 is 5.32 Å². The van der Waals surface area contributed by atoms with Crippen LogP contribution in [0.4, 0.5) is 0 Å². The molecule has 0 aliphatic carbocycles. The van der Waals surface area contributed by atoms with E-state index in [-0.39, 0.29) is 18.5 Å². The predicted octanol–water partition coefficient (Wildman–Crippen LogP) is 25.1. The Labute approximate surface area is 520 Å². The Morgan fingerprint density at radius 2 is 0.566 bits per heavy atom. The average Bonchev–Trinajstić information content (AvgIpc) is 3.49. The normalized spacial score (nSPS) is 12.5. The Morgan fingerprint density at radius 3 is 0.855 bits per heavy atom. The zero-order valence-corrected chi connectivity index (χ0v) is 56.7. The number of rotatable bonds is 73. The van der Waals surface area contributed by atoms with E-state index in [1.54, 1.807) is 0 Å². The molecule has 3 N–H and O–H groups in total. The summed E-state index contributed by atoms with van der Waals surface area (Å²) in [6.07, 6.45) is 91.4. The van der Waals surface area contributed by atoms with Crippen LogP contribution in [0.15, 0.2) is 12.2 Å². The standard InChI is InChI=1S/C77H151NO5/c1-3-5-7-9-11-13-15-17-19-21-23-24-25-26-27-30-34-37-41-45-49-53-57-61-65-69-75(80)74(73-79)78-76(81)70-66-62-58-54-50-46-42-38-35-31-28-29-32-36-40-44-48-52-56-60-64-68-72-83-77(82)71-67-63-59-55-51-47-43-39-33-22-20-18-16-14-12-10-8-6-4-2/h31,35,74-75,79-80H,3-30,32-34,36-73H2,1-2H3,(H,78,81)/b35-31-. The minimum atomic E-state index is -0.670. The number of unbranched alkanes of at least 4 members (excludes halogenated alkanes) is 60. The van der Waals surface area contributed by atoms with Gasteiger partial charge < -0.3 is 20.3 Å². The van der Waals surface area contributed by atoms with Crippen LogP contribution in [0.2, 0.25) is 0 Å². The average molecular weight is 1170 g/mol. The predicted molar refractivity (Wildman–Crippen MR) is 366 cm³/mol. The summed E-state index contributed by atoms with van der Waals surface area (Å²) in [5, 5.41) is 23.5. The summed E-state index contributed by atoms with van der Waals surface area (Å²) in [5.74, 6) is -0.0197. The molecule has 83 heavy (non-hydrogen) atoms. The highest BCUT2D eigenvalue weighted by molar-refractivity contribution is 5.76. The first-order chi connectivity index (χ1) is 41.0. The number of carbonyl (C=O) groups excluding carboxylic acids is 2. The molecule has 0 saturated carbocycles. The lowest BCUT2D eigenvalue weighted by atomic mass is 10.0. The zero-order chi connectivity index (χ0) is 59.9. The fourth-order valence-electron chi connectivity index (χ4n) is 12.5. The Hall–Kier alpha value is -1.40.